The summed E-state index contributed by atoms with van der Waals surface area (Å²) in [5.41, 5.74) is 8.37. The number of halogens is 1. The summed E-state index contributed by atoms with van der Waals surface area (Å²) in [6.45, 7) is 3.60. The van der Waals surface area contributed by atoms with Gasteiger partial charge in [-0.3, -0.25) is 4.90 Å². The summed E-state index contributed by atoms with van der Waals surface area (Å²) < 4.78 is 15.5. The summed E-state index contributed by atoms with van der Waals surface area (Å²) in [6, 6.07) is 15.9. The third-order valence-electron chi connectivity index (χ3n) is 6.13. The SMILES string of the molecule is CCOC(=O)C1=C(N)N(c2ccccc2)C(C(=O)OC)=C(C(=O)OC)C1c1cc2cc(C)ccc2nc1Cl. The van der Waals surface area contributed by atoms with Gasteiger partial charge in [-0.2, -0.15) is 0 Å². The van der Waals surface area contributed by atoms with Crippen molar-refractivity contribution in [2.75, 3.05) is 25.7 Å². The van der Waals surface area contributed by atoms with Crippen molar-refractivity contribution in [3.63, 3.8) is 0 Å². The predicted octanol–water partition coefficient (Wildman–Crippen LogP) is 4.13. The number of nitrogens with zero attached hydrogens (tertiary/aromatic N) is 2. The number of pyridine rings is 1. The molecule has 10 heteroatoms. The van der Waals surface area contributed by atoms with E-state index in [1.54, 1.807) is 43.3 Å². The van der Waals surface area contributed by atoms with Gasteiger partial charge in [0.15, 0.2) is 0 Å². The molecule has 2 N–H and O–H groups in total. The van der Waals surface area contributed by atoms with E-state index in [0.29, 0.717) is 16.6 Å². The number of aryl methyl sites for hydroxylation is 1. The highest BCUT2D eigenvalue weighted by atomic mass is 35.5. The number of benzene rings is 2. The van der Waals surface area contributed by atoms with Gasteiger partial charge in [0.2, 0.25) is 0 Å². The van der Waals surface area contributed by atoms with Crippen LogP contribution in [0.1, 0.15) is 24.0 Å². The minimum atomic E-state index is -1.25. The van der Waals surface area contributed by atoms with E-state index in [2.05, 4.69) is 4.98 Å². The van der Waals surface area contributed by atoms with Crippen LogP contribution in [0.4, 0.5) is 5.69 Å². The van der Waals surface area contributed by atoms with Crippen LogP contribution in [0.3, 0.4) is 0 Å². The minimum absolute atomic E-state index is 0.0136. The van der Waals surface area contributed by atoms with Gasteiger partial charge in [0.05, 0.1) is 43.4 Å². The van der Waals surface area contributed by atoms with Crippen LogP contribution in [0.2, 0.25) is 5.15 Å². The number of rotatable bonds is 6. The van der Waals surface area contributed by atoms with Crippen molar-refractivity contribution in [2.45, 2.75) is 19.8 Å². The fourth-order valence-electron chi connectivity index (χ4n) is 4.49. The zero-order chi connectivity index (χ0) is 27.6. The average molecular weight is 536 g/mol. The van der Waals surface area contributed by atoms with Crippen LogP contribution in [-0.2, 0) is 28.6 Å². The monoisotopic (exact) mass is 535 g/mol. The summed E-state index contributed by atoms with van der Waals surface area (Å²) in [7, 11) is 2.35. The number of methoxy groups -OCH3 is 2. The molecular formula is C28H26ClN3O6. The first kappa shape index (κ1) is 26.7. The van der Waals surface area contributed by atoms with Crippen molar-refractivity contribution < 1.29 is 28.6 Å². The molecule has 196 valence electrons. The summed E-state index contributed by atoms with van der Waals surface area (Å²) in [6.07, 6.45) is 0. The van der Waals surface area contributed by atoms with Gasteiger partial charge in [-0.1, -0.05) is 41.4 Å². The van der Waals surface area contributed by atoms with Crippen molar-refractivity contribution in [1.82, 2.24) is 4.98 Å². The van der Waals surface area contributed by atoms with E-state index >= 15 is 0 Å². The Morgan fingerprint density at radius 3 is 2.29 bits per heavy atom. The van der Waals surface area contributed by atoms with Crippen LogP contribution in [-0.4, -0.2) is 43.7 Å². The molecule has 4 rings (SSSR count). The van der Waals surface area contributed by atoms with Crippen LogP contribution in [0.25, 0.3) is 10.9 Å². The number of aromatic nitrogens is 1. The largest absolute Gasteiger partial charge is 0.466 e. The maximum Gasteiger partial charge on any atom is 0.355 e. The molecule has 38 heavy (non-hydrogen) atoms. The fourth-order valence-corrected chi connectivity index (χ4v) is 4.75. The van der Waals surface area contributed by atoms with Crippen molar-refractivity contribution in [2.24, 2.45) is 5.73 Å². The zero-order valence-corrected chi connectivity index (χ0v) is 22.0. The summed E-state index contributed by atoms with van der Waals surface area (Å²) in [5.74, 6) is -3.92. The van der Waals surface area contributed by atoms with E-state index < -0.39 is 23.8 Å². The molecular weight excluding hydrogens is 510 g/mol. The average Bonchev–Trinajstić information content (AvgIpc) is 2.91. The topological polar surface area (TPSA) is 121 Å². The lowest BCUT2D eigenvalue weighted by Gasteiger charge is -2.37. The number of carbonyl (C=O) groups is 3. The maximum absolute atomic E-state index is 13.5. The Kier molecular flexibility index (Phi) is 7.68. The van der Waals surface area contributed by atoms with Gasteiger partial charge in [-0.25, -0.2) is 19.4 Å². The molecule has 0 amide bonds. The Hall–Kier alpha value is -4.37. The standard InChI is InChI=1S/C28H26ClN3O6/c1-5-38-27(34)22-20(18-14-16-13-15(2)11-12-19(16)31-24(18)29)21(26(33)36-3)23(28(35)37-4)32(25(22)30)17-9-7-6-8-10-17/h6-14,20H,5,30H2,1-4H3. The first-order chi connectivity index (χ1) is 18.2. The van der Waals surface area contributed by atoms with Gasteiger partial charge in [-0.15, -0.1) is 0 Å². The number of hydrogen-bond acceptors (Lipinski definition) is 9. The Morgan fingerprint density at radius 1 is 0.974 bits per heavy atom. The lowest BCUT2D eigenvalue weighted by molar-refractivity contribution is -0.141. The second kappa shape index (κ2) is 10.9. The van der Waals surface area contributed by atoms with Gasteiger partial charge >= 0.3 is 17.9 Å². The number of hydrogen-bond donors (Lipinski definition) is 1. The van der Waals surface area contributed by atoms with Crippen molar-refractivity contribution in [3.05, 3.63) is 93.5 Å². The molecule has 1 aliphatic heterocycles. The van der Waals surface area contributed by atoms with Gasteiger partial charge in [0.1, 0.15) is 16.7 Å². The molecule has 3 aromatic rings. The molecule has 0 bridgehead atoms. The Morgan fingerprint density at radius 2 is 1.66 bits per heavy atom. The molecule has 2 aromatic carbocycles. The molecule has 1 aliphatic rings. The Labute approximate surface area is 224 Å². The van der Waals surface area contributed by atoms with E-state index in [-0.39, 0.29) is 40.0 Å². The number of nitrogens with two attached hydrogens (primary N) is 1. The van der Waals surface area contributed by atoms with Crippen LogP contribution in [0.15, 0.2) is 77.3 Å². The number of carbonyl (C=O) groups excluding carboxylic acids is 3. The number of fused-ring (bicyclic) bond motifs is 1. The number of anilines is 1. The van der Waals surface area contributed by atoms with Crippen molar-refractivity contribution in [3.8, 4) is 0 Å². The highest BCUT2D eigenvalue weighted by molar-refractivity contribution is 6.31. The summed E-state index contributed by atoms with van der Waals surface area (Å²) in [5, 5.41) is 0.722. The molecule has 0 saturated heterocycles. The van der Waals surface area contributed by atoms with Gasteiger partial charge in [0, 0.05) is 16.6 Å². The molecule has 9 nitrogen and oxygen atoms in total. The van der Waals surface area contributed by atoms with Crippen LogP contribution >= 0.6 is 11.6 Å². The summed E-state index contributed by atoms with van der Waals surface area (Å²) in [4.78, 5) is 45.9. The van der Waals surface area contributed by atoms with E-state index in [0.717, 1.165) is 5.56 Å². The van der Waals surface area contributed by atoms with E-state index in [4.69, 9.17) is 31.5 Å². The quantitative estimate of drug-likeness (QED) is 0.282. The molecule has 1 aromatic heterocycles. The second-order valence-electron chi connectivity index (χ2n) is 8.43. The van der Waals surface area contributed by atoms with Crippen LogP contribution in [0.5, 0.6) is 0 Å². The van der Waals surface area contributed by atoms with E-state index in [1.807, 2.05) is 25.1 Å². The smallest absolute Gasteiger partial charge is 0.355 e. The molecule has 0 aliphatic carbocycles. The van der Waals surface area contributed by atoms with Gasteiger partial charge < -0.3 is 19.9 Å². The minimum Gasteiger partial charge on any atom is -0.466 e. The highest BCUT2D eigenvalue weighted by Crippen LogP contribution is 2.46. The van der Waals surface area contributed by atoms with E-state index in [9.17, 15) is 14.4 Å². The number of esters is 3. The molecule has 0 radical (unpaired) electrons. The third-order valence-corrected chi connectivity index (χ3v) is 6.43. The number of ether oxygens (including phenoxy) is 3. The normalized spacial score (nSPS) is 15.5. The Bertz CT molecular complexity index is 1500. The van der Waals surface area contributed by atoms with Gasteiger partial charge in [0.25, 0.3) is 0 Å². The molecule has 0 saturated carbocycles. The first-order valence-electron chi connectivity index (χ1n) is 11.7. The molecule has 0 fully saturated rings. The van der Waals surface area contributed by atoms with E-state index in [1.165, 1.54) is 19.1 Å². The second-order valence-corrected chi connectivity index (χ2v) is 8.79. The number of para-hydroxylation sites is 1. The maximum atomic E-state index is 13.5. The van der Waals surface area contributed by atoms with Crippen molar-refractivity contribution >= 4 is 46.1 Å². The molecule has 0 spiro atoms. The van der Waals surface area contributed by atoms with Crippen LogP contribution in [0, 0.1) is 6.92 Å². The fraction of sp³-hybridized carbons (Fsp3) is 0.214. The molecule has 1 unspecified atom stereocenters. The Balaban J connectivity index is 2.15. The highest BCUT2D eigenvalue weighted by Gasteiger charge is 2.46. The lowest BCUT2D eigenvalue weighted by atomic mass is 9.80. The lowest BCUT2D eigenvalue weighted by Crippen LogP contribution is -2.42. The first-order valence-corrected chi connectivity index (χ1v) is 12.1. The predicted molar refractivity (Wildman–Crippen MR) is 142 cm³/mol. The van der Waals surface area contributed by atoms with Crippen molar-refractivity contribution in [1.29, 1.82) is 0 Å². The van der Waals surface area contributed by atoms with Gasteiger partial charge in [-0.05, 0) is 44.2 Å². The zero-order valence-electron chi connectivity index (χ0n) is 21.3. The molecule has 2 heterocycles. The van der Waals surface area contributed by atoms with Crippen LogP contribution < -0.4 is 10.6 Å². The third kappa shape index (κ3) is 4.68. The molecule has 1 atom stereocenters. The summed E-state index contributed by atoms with van der Waals surface area (Å²) >= 11 is 6.67.